The summed E-state index contributed by atoms with van der Waals surface area (Å²) in [5.41, 5.74) is 7.64. The van der Waals surface area contributed by atoms with Crippen LogP contribution in [0.25, 0.3) is 11.1 Å². The fourth-order valence-corrected chi connectivity index (χ4v) is 2.12. The van der Waals surface area contributed by atoms with E-state index >= 15 is 0 Å². The number of nitrogens with zero attached hydrogens (tertiary/aromatic N) is 1. The predicted molar refractivity (Wildman–Crippen MR) is 80.9 cm³/mol. The van der Waals surface area contributed by atoms with E-state index in [1.165, 1.54) is 4.90 Å². The van der Waals surface area contributed by atoms with Crippen molar-refractivity contribution in [2.24, 2.45) is 5.73 Å². The number of hydrogen-bond donors (Lipinski definition) is 2. The molecule has 21 heavy (non-hydrogen) atoms. The zero-order chi connectivity index (χ0) is 15.2. The maximum atomic E-state index is 12.0. The summed E-state index contributed by atoms with van der Waals surface area (Å²) in [5, 5.41) is 9.02. The summed E-state index contributed by atoms with van der Waals surface area (Å²) in [6, 6.07) is 16.7. The van der Waals surface area contributed by atoms with Crippen LogP contribution in [0.4, 0.5) is 5.69 Å². The first-order chi connectivity index (χ1) is 10.1. The summed E-state index contributed by atoms with van der Waals surface area (Å²) >= 11 is 0. The van der Waals surface area contributed by atoms with Crippen LogP contribution in [0.5, 0.6) is 0 Å². The minimum absolute atomic E-state index is 0.240. The van der Waals surface area contributed by atoms with E-state index in [4.69, 9.17) is 10.8 Å². The molecule has 0 aliphatic heterocycles. The zero-order valence-corrected chi connectivity index (χ0v) is 11.4. The smallest absolute Gasteiger partial charge is 0.323 e. The Morgan fingerprint density at radius 1 is 1.00 bits per heavy atom. The molecule has 0 saturated heterocycles. The van der Waals surface area contributed by atoms with Gasteiger partial charge in [0.15, 0.2) is 0 Å². The van der Waals surface area contributed by atoms with Gasteiger partial charge in [-0.3, -0.25) is 14.5 Å². The number of hydrogen-bond acceptors (Lipinski definition) is 3. The van der Waals surface area contributed by atoms with E-state index in [-0.39, 0.29) is 6.54 Å². The molecule has 0 aromatic heterocycles. The van der Waals surface area contributed by atoms with Crippen molar-refractivity contribution in [3.63, 3.8) is 0 Å². The Morgan fingerprint density at radius 2 is 1.62 bits per heavy atom. The Balaban J connectivity index is 2.51. The van der Waals surface area contributed by atoms with E-state index in [1.807, 2.05) is 42.5 Å². The average Bonchev–Trinajstić information content (AvgIpc) is 2.52. The molecule has 2 aromatic rings. The maximum absolute atomic E-state index is 12.0. The summed E-state index contributed by atoms with van der Waals surface area (Å²) in [4.78, 5) is 24.2. The lowest BCUT2D eigenvalue weighted by molar-refractivity contribution is -0.136. The third-order valence-electron chi connectivity index (χ3n) is 3.05. The number of para-hydroxylation sites is 1. The average molecular weight is 284 g/mol. The molecule has 0 atom stereocenters. The fourth-order valence-electron chi connectivity index (χ4n) is 2.12. The van der Waals surface area contributed by atoms with Crippen molar-refractivity contribution in [2.45, 2.75) is 0 Å². The molecular weight excluding hydrogens is 268 g/mol. The molecule has 2 aromatic carbocycles. The predicted octanol–water partition coefficient (Wildman–Crippen LogP) is 1.73. The molecule has 0 heterocycles. The summed E-state index contributed by atoms with van der Waals surface area (Å²) in [7, 11) is 0. The molecule has 5 heteroatoms. The van der Waals surface area contributed by atoms with E-state index in [1.54, 1.807) is 12.1 Å². The van der Waals surface area contributed by atoms with E-state index in [0.717, 1.165) is 11.1 Å². The van der Waals surface area contributed by atoms with Crippen LogP contribution in [0.2, 0.25) is 0 Å². The van der Waals surface area contributed by atoms with Crippen molar-refractivity contribution in [1.82, 2.24) is 0 Å². The van der Waals surface area contributed by atoms with Gasteiger partial charge in [0.25, 0.3) is 0 Å². The van der Waals surface area contributed by atoms with Crippen LogP contribution in [0.3, 0.4) is 0 Å². The lowest BCUT2D eigenvalue weighted by Crippen LogP contribution is -2.40. The van der Waals surface area contributed by atoms with Gasteiger partial charge >= 0.3 is 5.97 Å². The lowest BCUT2D eigenvalue weighted by atomic mass is 10.0. The molecule has 0 unspecified atom stereocenters. The summed E-state index contributed by atoms with van der Waals surface area (Å²) in [5.74, 6) is -1.51. The van der Waals surface area contributed by atoms with Gasteiger partial charge in [-0.2, -0.15) is 0 Å². The molecule has 3 N–H and O–H groups in total. The molecular formula is C16H16N2O3. The highest BCUT2D eigenvalue weighted by Crippen LogP contribution is 2.30. The summed E-state index contributed by atoms with van der Waals surface area (Å²) in [6.45, 7) is -0.656. The molecule has 5 nitrogen and oxygen atoms in total. The lowest BCUT2D eigenvalue weighted by Gasteiger charge is -2.23. The number of carbonyl (C=O) groups excluding carboxylic acids is 1. The van der Waals surface area contributed by atoms with E-state index in [2.05, 4.69) is 0 Å². The maximum Gasteiger partial charge on any atom is 0.323 e. The number of carbonyl (C=O) groups is 2. The minimum Gasteiger partial charge on any atom is -0.480 e. The van der Waals surface area contributed by atoms with Crippen LogP contribution < -0.4 is 10.6 Å². The van der Waals surface area contributed by atoms with Gasteiger partial charge in [0.2, 0.25) is 5.91 Å². The first kappa shape index (κ1) is 14.7. The van der Waals surface area contributed by atoms with Gasteiger partial charge in [0.1, 0.15) is 6.54 Å². The Hall–Kier alpha value is -2.66. The quantitative estimate of drug-likeness (QED) is 0.875. The molecule has 0 aliphatic rings. The second-order valence-corrected chi connectivity index (χ2v) is 4.46. The van der Waals surface area contributed by atoms with E-state index in [0.29, 0.717) is 5.69 Å². The minimum atomic E-state index is -1.08. The molecule has 108 valence electrons. The number of anilines is 1. The van der Waals surface area contributed by atoms with Crippen molar-refractivity contribution >= 4 is 17.6 Å². The zero-order valence-electron chi connectivity index (χ0n) is 11.4. The second-order valence-electron chi connectivity index (χ2n) is 4.46. The number of carboxylic acids is 1. The molecule has 0 saturated carbocycles. The van der Waals surface area contributed by atoms with E-state index in [9.17, 15) is 9.59 Å². The van der Waals surface area contributed by atoms with Gasteiger partial charge in [-0.1, -0.05) is 48.5 Å². The second kappa shape index (κ2) is 6.67. The largest absolute Gasteiger partial charge is 0.480 e. The Bertz CT molecular complexity index is 641. The number of benzene rings is 2. The highest BCUT2D eigenvalue weighted by molar-refractivity contribution is 6.01. The monoisotopic (exact) mass is 284 g/mol. The van der Waals surface area contributed by atoms with Crippen molar-refractivity contribution in [3.8, 4) is 11.1 Å². The topological polar surface area (TPSA) is 83.6 Å². The number of amides is 1. The molecule has 0 bridgehead atoms. The van der Waals surface area contributed by atoms with Crippen molar-refractivity contribution in [3.05, 3.63) is 54.6 Å². The standard InChI is InChI=1S/C16H16N2O3/c17-10-15(19)18(11-16(20)21)14-9-5-4-8-13(14)12-6-2-1-3-7-12/h1-9H,10-11,17H2,(H,20,21). The molecule has 0 fully saturated rings. The highest BCUT2D eigenvalue weighted by atomic mass is 16.4. The molecule has 0 spiro atoms. The van der Waals surface area contributed by atoms with Crippen molar-refractivity contribution in [2.75, 3.05) is 18.0 Å². The van der Waals surface area contributed by atoms with Gasteiger partial charge in [0, 0.05) is 5.56 Å². The van der Waals surface area contributed by atoms with Crippen LogP contribution in [-0.2, 0) is 9.59 Å². The van der Waals surface area contributed by atoms with Crippen LogP contribution in [0, 0.1) is 0 Å². The highest BCUT2D eigenvalue weighted by Gasteiger charge is 2.20. The van der Waals surface area contributed by atoms with Crippen LogP contribution in [-0.4, -0.2) is 30.1 Å². The number of rotatable bonds is 5. The normalized spacial score (nSPS) is 10.1. The molecule has 0 aliphatic carbocycles. The molecule has 1 amide bonds. The Kier molecular flexibility index (Phi) is 4.68. The first-order valence-electron chi connectivity index (χ1n) is 6.50. The van der Waals surface area contributed by atoms with Crippen LogP contribution >= 0.6 is 0 Å². The van der Waals surface area contributed by atoms with Gasteiger partial charge in [0.05, 0.1) is 12.2 Å². The van der Waals surface area contributed by atoms with Gasteiger partial charge in [-0.15, -0.1) is 0 Å². The fraction of sp³-hybridized carbons (Fsp3) is 0.125. The SMILES string of the molecule is NCC(=O)N(CC(=O)O)c1ccccc1-c1ccccc1. The van der Waals surface area contributed by atoms with Crippen LogP contribution in [0.1, 0.15) is 0 Å². The first-order valence-corrected chi connectivity index (χ1v) is 6.50. The molecule has 2 rings (SSSR count). The number of nitrogens with two attached hydrogens (primary N) is 1. The third kappa shape index (κ3) is 3.46. The Morgan fingerprint density at radius 3 is 2.24 bits per heavy atom. The van der Waals surface area contributed by atoms with Gasteiger partial charge in [-0.25, -0.2) is 0 Å². The van der Waals surface area contributed by atoms with Crippen molar-refractivity contribution < 1.29 is 14.7 Å². The Labute approximate surface area is 122 Å². The van der Waals surface area contributed by atoms with E-state index < -0.39 is 18.4 Å². The number of carboxylic acid groups (broad SMARTS) is 1. The molecule has 0 radical (unpaired) electrons. The van der Waals surface area contributed by atoms with Gasteiger partial charge < -0.3 is 10.8 Å². The summed E-state index contributed by atoms with van der Waals surface area (Å²) < 4.78 is 0. The van der Waals surface area contributed by atoms with Crippen molar-refractivity contribution in [1.29, 1.82) is 0 Å². The summed E-state index contributed by atoms with van der Waals surface area (Å²) in [6.07, 6.45) is 0. The van der Waals surface area contributed by atoms with Gasteiger partial charge in [-0.05, 0) is 11.6 Å². The third-order valence-corrected chi connectivity index (χ3v) is 3.05. The number of aliphatic carboxylic acids is 1. The van der Waals surface area contributed by atoms with Crippen LogP contribution in [0.15, 0.2) is 54.6 Å².